The van der Waals surface area contributed by atoms with Crippen LogP contribution in [0.25, 0.3) is 0 Å². The predicted molar refractivity (Wildman–Crippen MR) is 72.0 cm³/mol. The molecule has 92 valence electrons. The maximum Gasteiger partial charge on any atom is 0.159 e. The third-order valence-corrected chi connectivity index (χ3v) is 2.90. The molecular weight excluding hydrogens is 224 g/mol. The highest BCUT2D eigenvalue weighted by Crippen LogP contribution is 2.16. The molecule has 0 aliphatic heterocycles. The van der Waals surface area contributed by atoms with Crippen molar-refractivity contribution in [3.05, 3.63) is 65.2 Å². The summed E-state index contributed by atoms with van der Waals surface area (Å²) in [5, 5.41) is 0. The molecule has 0 bridgehead atoms. The zero-order valence-corrected chi connectivity index (χ0v) is 10.6. The molecule has 0 saturated heterocycles. The van der Waals surface area contributed by atoms with Gasteiger partial charge >= 0.3 is 0 Å². The Bertz CT molecular complexity index is 559. The van der Waals surface area contributed by atoms with E-state index in [1.165, 1.54) is 5.56 Å². The summed E-state index contributed by atoms with van der Waals surface area (Å²) in [4.78, 5) is 11.3. The molecule has 0 aliphatic carbocycles. The van der Waals surface area contributed by atoms with Gasteiger partial charge in [-0.2, -0.15) is 0 Å². The Morgan fingerprint density at radius 1 is 1.11 bits per heavy atom. The molecule has 0 N–H and O–H groups in total. The molecule has 2 rings (SSSR count). The molecule has 2 nitrogen and oxygen atoms in total. The number of benzene rings is 2. The summed E-state index contributed by atoms with van der Waals surface area (Å²) < 4.78 is 5.71. The van der Waals surface area contributed by atoms with E-state index in [2.05, 4.69) is 13.0 Å². The van der Waals surface area contributed by atoms with Crippen LogP contribution in [-0.2, 0) is 6.61 Å². The summed E-state index contributed by atoms with van der Waals surface area (Å²) in [6.07, 6.45) is 0. The van der Waals surface area contributed by atoms with Crippen LogP contribution in [0.15, 0.2) is 48.5 Å². The Labute approximate surface area is 107 Å². The number of ketones is 1. The van der Waals surface area contributed by atoms with Crippen molar-refractivity contribution >= 4 is 5.78 Å². The van der Waals surface area contributed by atoms with E-state index in [-0.39, 0.29) is 5.78 Å². The summed E-state index contributed by atoms with van der Waals surface area (Å²) in [5.74, 6) is 0.780. The van der Waals surface area contributed by atoms with Crippen LogP contribution in [0, 0.1) is 6.92 Å². The summed E-state index contributed by atoms with van der Waals surface area (Å²) in [5.41, 5.74) is 3.04. The van der Waals surface area contributed by atoms with Crippen molar-refractivity contribution in [2.24, 2.45) is 0 Å². The number of Topliss-reactive ketones (excluding diaryl/α,β-unsaturated/α-hetero) is 1. The molecule has 0 saturated carbocycles. The van der Waals surface area contributed by atoms with Gasteiger partial charge in [0.05, 0.1) is 0 Å². The van der Waals surface area contributed by atoms with E-state index in [1.807, 2.05) is 30.3 Å². The maximum absolute atomic E-state index is 11.3. The van der Waals surface area contributed by atoms with Crippen molar-refractivity contribution in [1.29, 1.82) is 0 Å². The van der Waals surface area contributed by atoms with Crippen LogP contribution in [0.3, 0.4) is 0 Å². The van der Waals surface area contributed by atoms with Crippen LogP contribution in [-0.4, -0.2) is 5.78 Å². The smallest absolute Gasteiger partial charge is 0.159 e. The second-order valence-electron chi connectivity index (χ2n) is 4.30. The second kappa shape index (κ2) is 5.50. The third-order valence-electron chi connectivity index (χ3n) is 2.90. The molecule has 0 unspecified atom stereocenters. The first-order chi connectivity index (χ1) is 8.66. The number of aryl methyl sites for hydroxylation is 1. The summed E-state index contributed by atoms with van der Waals surface area (Å²) in [7, 11) is 0. The SMILES string of the molecule is CC(=O)c1cccc(OCc2ccccc2C)c1. The molecule has 0 atom stereocenters. The van der Waals surface area contributed by atoms with Gasteiger partial charge in [-0.05, 0) is 37.1 Å². The number of hydrogen-bond donors (Lipinski definition) is 0. The zero-order chi connectivity index (χ0) is 13.0. The van der Waals surface area contributed by atoms with E-state index in [1.54, 1.807) is 19.1 Å². The Hall–Kier alpha value is -2.09. The minimum absolute atomic E-state index is 0.0522. The Balaban J connectivity index is 2.09. The molecular formula is C16H16O2. The van der Waals surface area contributed by atoms with Crippen molar-refractivity contribution in [2.45, 2.75) is 20.5 Å². The summed E-state index contributed by atoms with van der Waals surface area (Å²) in [6, 6.07) is 15.4. The zero-order valence-electron chi connectivity index (χ0n) is 10.6. The van der Waals surface area contributed by atoms with Gasteiger partial charge in [-0.3, -0.25) is 4.79 Å². The third kappa shape index (κ3) is 2.98. The maximum atomic E-state index is 11.3. The first kappa shape index (κ1) is 12.4. The molecule has 0 aliphatic rings. The van der Waals surface area contributed by atoms with Gasteiger partial charge in [0.25, 0.3) is 0 Å². The largest absolute Gasteiger partial charge is 0.489 e. The van der Waals surface area contributed by atoms with Crippen molar-refractivity contribution in [1.82, 2.24) is 0 Å². The first-order valence-corrected chi connectivity index (χ1v) is 5.95. The van der Waals surface area contributed by atoms with Crippen LogP contribution < -0.4 is 4.74 Å². The summed E-state index contributed by atoms with van der Waals surface area (Å²) in [6.45, 7) is 4.14. The van der Waals surface area contributed by atoms with Crippen LogP contribution in [0.5, 0.6) is 5.75 Å². The fraction of sp³-hybridized carbons (Fsp3) is 0.188. The van der Waals surface area contributed by atoms with Crippen LogP contribution in [0.4, 0.5) is 0 Å². The monoisotopic (exact) mass is 240 g/mol. The average Bonchev–Trinajstić information content (AvgIpc) is 2.38. The van der Waals surface area contributed by atoms with E-state index in [0.717, 1.165) is 11.3 Å². The number of rotatable bonds is 4. The molecule has 0 amide bonds. The van der Waals surface area contributed by atoms with Gasteiger partial charge in [0.2, 0.25) is 0 Å². The molecule has 0 heterocycles. The Morgan fingerprint density at radius 3 is 2.61 bits per heavy atom. The van der Waals surface area contributed by atoms with Gasteiger partial charge in [0, 0.05) is 5.56 Å². The lowest BCUT2D eigenvalue weighted by molar-refractivity contribution is 0.101. The van der Waals surface area contributed by atoms with Gasteiger partial charge < -0.3 is 4.74 Å². The molecule has 18 heavy (non-hydrogen) atoms. The first-order valence-electron chi connectivity index (χ1n) is 5.95. The Kier molecular flexibility index (Phi) is 3.78. The van der Waals surface area contributed by atoms with Gasteiger partial charge in [-0.25, -0.2) is 0 Å². The molecule has 0 aromatic heterocycles. The number of carbonyl (C=O) groups excluding carboxylic acids is 1. The van der Waals surface area contributed by atoms with Gasteiger partial charge in [0.15, 0.2) is 5.78 Å². The lowest BCUT2D eigenvalue weighted by Gasteiger charge is -2.09. The average molecular weight is 240 g/mol. The summed E-state index contributed by atoms with van der Waals surface area (Å²) >= 11 is 0. The van der Waals surface area contributed by atoms with Crippen LogP contribution >= 0.6 is 0 Å². The molecule has 0 spiro atoms. The van der Waals surface area contributed by atoms with Crippen molar-refractivity contribution in [3.63, 3.8) is 0 Å². The molecule has 2 aromatic carbocycles. The highest BCUT2D eigenvalue weighted by atomic mass is 16.5. The minimum atomic E-state index is 0.0522. The minimum Gasteiger partial charge on any atom is -0.489 e. The van der Waals surface area contributed by atoms with Gasteiger partial charge in [-0.15, -0.1) is 0 Å². The second-order valence-corrected chi connectivity index (χ2v) is 4.30. The molecule has 2 aromatic rings. The van der Waals surface area contributed by atoms with Crippen molar-refractivity contribution in [3.8, 4) is 5.75 Å². The van der Waals surface area contributed by atoms with Crippen LogP contribution in [0.1, 0.15) is 28.4 Å². The van der Waals surface area contributed by atoms with E-state index in [0.29, 0.717) is 12.2 Å². The normalized spacial score (nSPS) is 10.1. The molecule has 0 radical (unpaired) electrons. The number of carbonyl (C=O) groups is 1. The van der Waals surface area contributed by atoms with Crippen molar-refractivity contribution in [2.75, 3.05) is 0 Å². The van der Waals surface area contributed by atoms with E-state index < -0.39 is 0 Å². The quantitative estimate of drug-likeness (QED) is 0.760. The lowest BCUT2D eigenvalue weighted by Crippen LogP contribution is -1.99. The number of ether oxygens (including phenoxy) is 1. The van der Waals surface area contributed by atoms with Gasteiger partial charge in [-0.1, -0.05) is 36.4 Å². The lowest BCUT2D eigenvalue weighted by atomic mass is 10.1. The fourth-order valence-corrected chi connectivity index (χ4v) is 1.74. The topological polar surface area (TPSA) is 26.3 Å². The van der Waals surface area contributed by atoms with E-state index >= 15 is 0 Å². The van der Waals surface area contributed by atoms with Crippen LogP contribution in [0.2, 0.25) is 0 Å². The van der Waals surface area contributed by atoms with Crippen molar-refractivity contribution < 1.29 is 9.53 Å². The molecule has 2 heteroatoms. The molecule has 0 fully saturated rings. The number of hydrogen-bond acceptors (Lipinski definition) is 2. The Morgan fingerprint density at radius 2 is 1.89 bits per heavy atom. The highest BCUT2D eigenvalue weighted by Gasteiger charge is 2.02. The fourth-order valence-electron chi connectivity index (χ4n) is 1.74. The predicted octanol–water partition coefficient (Wildman–Crippen LogP) is 3.78. The van der Waals surface area contributed by atoms with E-state index in [9.17, 15) is 4.79 Å². The standard InChI is InChI=1S/C16H16O2/c1-12-6-3-4-7-15(12)11-18-16-9-5-8-14(10-16)13(2)17/h3-10H,11H2,1-2H3. The van der Waals surface area contributed by atoms with Gasteiger partial charge in [0.1, 0.15) is 12.4 Å². The van der Waals surface area contributed by atoms with E-state index in [4.69, 9.17) is 4.74 Å². The highest BCUT2D eigenvalue weighted by molar-refractivity contribution is 5.94.